The van der Waals surface area contributed by atoms with Gasteiger partial charge in [0.2, 0.25) is 0 Å². The van der Waals surface area contributed by atoms with Crippen molar-refractivity contribution in [3.8, 4) is 23.8 Å². The molecule has 0 radical (unpaired) electrons. The van der Waals surface area contributed by atoms with Gasteiger partial charge in [0.25, 0.3) is 0 Å². The summed E-state index contributed by atoms with van der Waals surface area (Å²) >= 11 is 3.56. The van der Waals surface area contributed by atoms with Gasteiger partial charge < -0.3 is 14.8 Å². The number of allylic oxidation sites excluding steroid dienone is 2. The normalized spacial score (nSPS) is 20.1. The van der Waals surface area contributed by atoms with E-state index in [2.05, 4.69) is 87.9 Å². The van der Waals surface area contributed by atoms with Crippen LogP contribution in [0.3, 0.4) is 0 Å². The molecule has 1 N–H and O–H groups in total. The fourth-order valence-electron chi connectivity index (χ4n) is 4.97. The summed E-state index contributed by atoms with van der Waals surface area (Å²) in [6.07, 6.45) is 13.0. The molecular weight excluding hydrogens is 500 g/mol. The molecule has 1 aliphatic carbocycles. The second-order valence-corrected chi connectivity index (χ2v) is 9.52. The van der Waals surface area contributed by atoms with E-state index in [9.17, 15) is 0 Å². The van der Waals surface area contributed by atoms with Gasteiger partial charge in [0.05, 0.1) is 22.8 Å². The fourth-order valence-corrected chi connectivity index (χ4v) is 5.54. The molecule has 35 heavy (non-hydrogen) atoms. The Balaban J connectivity index is 1.35. The molecule has 3 aromatic rings. The van der Waals surface area contributed by atoms with Crippen LogP contribution in [0, 0.1) is 18.3 Å². The van der Waals surface area contributed by atoms with Gasteiger partial charge in [-0.3, -0.25) is 4.99 Å². The van der Waals surface area contributed by atoms with Gasteiger partial charge in [-0.1, -0.05) is 48.4 Å². The highest BCUT2D eigenvalue weighted by Crippen LogP contribution is 2.49. The minimum absolute atomic E-state index is 0.178. The van der Waals surface area contributed by atoms with Crippen molar-refractivity contribution < 1.29 is 9.47 Å². The fraction of sp³-hybridized carbons (Fsp3) is 0.233. The first-order valence-electron chi connectivity index (χ1n) is 11.9. The SMILES string of the molecule is C#CCOc1c(Br)cc(C=Nc2ccc([C@@H]3Nc4ccccc4[C@H]4C=CC[C@H]43)cc2)cc1OCC. The third-order valence-electron chi connectivity index (χ3n) is 6.52. The zero-order valence-corrected chi connectivity index (χ0v) is 21.2. The van der Waals surface area contributed by atoms with Crippen LogP contribution in [-0.2, 0) is 0 Å². The zero-order chi connectivity index (χ0) is 24.2. The van der Waals surface area contributed by atoms with Gasteiger partial charge in [-0.2, -0.15) is 0 Å². The van der Waals surface area contributed by atoms with Crippen LogP contribution in [-0.4, -0.2) is 19.4 Å². The lowest BCUT2D eigenvalue weighted by Crippen LogP contribution is -2.28. The molecule has 0 spiro atoms. The summed E-state index contributed by atoms with van der Waals surface area (Å²) in [7, 11) is 0. The van der Waals surface area contributed by atoms with Gasteiger partial charge in [0.1, 0.15) is 6.61 Å². The van der Waals surface area contributed by atoms with Gasteiger partial charge in [0, 0.05) is 17.8 Å². The molecule has 0 unspecified atom stereocenters. The van der Waals surface area contributed by atoms with Crippen molar-refractivity contribution in [2.75, 3.05) is 18.5 Å². The molecule has 1 heterocycles. The number of terminal acetylenes is 1. The Bertz CT molecular complexity index is 1310. The first-order chi connectivity index (χ1) is 17.2. The van der Waals surface area contributed by atoms with E-state index in [1.165, 1.54) is 16.8 Å². The Labute approximate surface area is 215 Å². The molecule has 3 atom stereocenters. The second kappa shape index (κ2) is 10.4. The summed E-state index contributed by atoms with van der Waals surface area (Å²) < 4.78 is 12.2. The number of hydrogen-bond acceptors (Lipinski definition) is 4. The van der Waals surface area contributed by atoms with E-state index < -0.39 is 0 Å². The Kier molecular flexibility index (Phi) is 6.92. The monoisotopic (exact) mass is 526 g/mol. The van der Waals surface area contributed by atoms with Crippen molar-refractivity contribution in [1.82, 2.24) is 0 Å². The van der Waals surface area contributed by atoms with E-state index in [1.807, 2.05) is 25.3 Å². The van der Waals surface area contributed by atoms with Crippen LogP contribution in [0.25, 0.3) is 0 Å². The van der Waals surface area contributed by atoms with Crippen LogP contribution < -0.4 is 14.8 Å². The molecule has 0 saturated carbocycles. The van der Waals surface area contributed by atoms with Gasteiger partial charge >= 0.3 is 0 Å². The molecule has 5 heteroatoms. The van der Waals surface area contributed by atoms with Gasteiger partial charge in [-0.15, -0.1) is 6.42 Å². The third-order valence-corrected chi connectivity index (χ3v) is 7.11. The molecule has 4 nitrogen and oxygen atoms in total. The molecule has 176 valence electrons. The summed E-state index contributed by atoms with van der Waals surface area (Å²) in [5.41, 5.74) is 5.72. The second-order valence-electron chi connectivity index (χ2n) is 8.67. The Morgan fingerprint density at radius 3 is 2.77 bits per heavy atom. The largest absolute Gasteiger partial charge is 0.490 e. The maximum Gasteiger partial charge on any atom is 0.176 e. The van der Waals surface area contributed by atoms with E-state index in [4.69, 9.17) is 20.9 Å². The lowest BCUT2D eigenvalue weighted by atomic mass is 9.77. The minimum Gasteiger partial charge on any atom is -0.490 e. The molecule has 0 amide bonds. The number of anilines is 1. The molecule has 0 bridgehead atoms. The number of hydrogen-bond donors (Lipinski definition) is 1. The van der Waals surface area contributed by atoms with E-state index in [0.717, 1.165) is 22.1 Å². The number of para-hydroxylation sites is 1. The highest BCUT2D eigenvalue weighted by atomic mass is 79.9. The highest BCUT2D eigenvalue weighted by molar-refractivity contribution is 9.10. The first kappa shape index (κ1) is 23.3. The molecule has 0 saturated heterocycles. The number of benzene rings is 3. The number of aliphatic imine (C=N–C) groups is 1. The van der Waals surface area contributed by atoms with Crippen molar-refractivity contribution in [1.29, 1.82) is 0 Å². The summed E-state index contributed by atoms with van der Waals surface area (Å²) in [5, 5.41) is 3.78. The van der Waals surface area contributed by atoms with Crippen molar-refractivity contribution >= 4 is 33.5 Å². The molecule has 5 rings (SSSR count). The van der Waals surface area contributed by atoms with Gasteiger partial charge in [-0.05, 0) is 82.2 Å². The third kappa shape index (κ3) is 4.85. The maximum absolute atomic E-state index is 5.75. The average molecular weight is 527 g/mol. The maximum atomic E-state index is 5.75. The Morgan fingerprint density at radius 1 is 1.14 bits per heavy atom. The van der Waals surface area contributed by atoms with Crippen LogP contribution in [0.5, 0.6) is 11.5 Å². The Hall–Kier alpha value is -3.49. The van der Waals surface area contributed by atoms with Crippen molar-refractivity contribution in [3.63, 3.8) is 0 Å². The van der Waals surface area contributed by atoms with E-state index in [0.29, 0.717) is 29.9 Å². The van der Waals surface area contributed by atoms with Crippen LogP contribution in [0.1, 0.15) is 42.0 Å². The number of ether oxygens (including phenoxy) is 2. The molecule has 0 fully saturated rings. The quantitative estimate of drug-likeness (QED) is 0.197. The van der Waals surface area contributed by atoms with Crippen LogP contribution in [0.2, 0.25) is 0 Å². The predicted octanol–water partition coefficient (Wildman–Crippen LogP) is 7.44. The predicted molar refractivity (Wildman–Crippen MR) is 146 cm³/mol. The molecular formula is C30H27BrN2O2. The summed E-state index contributed by atoms with van der Waals surface area (Å²) in [6, 6.07) is 21.3. The van der Waals surface area contributed by atoms with Crippen LogP contribution in [0.15, 0.2) is 82.3 Å². The smallest absolute Gasteiger partial charge is 0.176 e. The minimum atomic E-state index is 0.178. The van der Waals surface area contributed by atoms with Crippen molar-refractivity contribution in [2.45, 2.75) is 25.3 Å². The lowest BCUT2D eigenvalue weighted by molar-refractivity contribution is 0.298. The molecule has 0 aromatic heterocycles. The first-order valence-corrected chi connectivity index (χ1v) is 12.7. The van der Waals surface area contributed by atoms with Crippen LogP contribution >= 0.6 is 15.9 Å². The number of nitrogens with one attached hydrogen (secondary N) is 1. The average Bonchev–Trinajstić information content (AvgIpc) is 3.38. The number of rotatable bonds is 7. The summed E-state index contributed by atoms with van der Waals surface area (Å²) in [6.45, 7) is 2.64. The topological polar surface area (TPSA) is 42.8 Å². The molecule has 1 aliphatic heterocycles. The van der Waals surface area contributed by atoms with Gasteiger partial charge in [0.15, 0.2) is 11.5 Å². The Morgan fingerprint density at radius 2 is 1.97 bits per heavy atom. The molecule has 3 aromatic carbocycles. The molecule has 2 aliphatic rings. The van der Waals surface area contributed by atoms with Crippen molar-refractivity contribution in [2.24, 2.45) is 10.9 Å². The summed E-state index contributed by atoms with van der Waals surface area (Å²) in [5.74, 6) is 4.73. The standard InChI is InChI=1S/C30H27BrN2O2/c1-3-16-35-30-26(31)17-20(18-28(30)34-4-2)19-32-22-14-12-21(13-15-22)29-25-10-7-9-23(25)24-8-5-6-11-27(24)33-29/h1,5-9,11-15,17-19,23,25,29,33H,4,10,16H2,2H3/t23-,25-,29+/m1/s1. The number of nitrogens with zero attached hydrogens (tertiary/aromatic N) is 1. The highest BCUT2D eigenvalue weighted by Gasteiger charge is 2.37. The van der Waals surface area contributed by atoms with Crippen molar-refractivity contribution in [3.05, 3.63) is 94.0 Å². The van der Waals surface area contributed by atoms with E-state index in [1.54, 1.807) is 0 Å². The van der Waals surface area contributed by atoms with Gasteiger partial charge in [-0.25, -0.2) is 0 Å². The summed E-state index contributed by atoms with van der Waals surface area (Å²) in [4.78, 5) is 4.69. The van der Waals surface area contributed by atoms with E-state index >= 15 is 0 Å². The zero-order valence-electron chi connectivity index (χ0n) is 19.6. The van der Waals surface area contributed by atoms with E-state index in [-0.39, 0.29) is 12.6 Å². The number of fused-ring (bicyclic) bond motifs is 3. The lowest BCUT2D eigenvalue weighted by Gasteiger charge is -2.37. The van der Waals surface area contributed by atoms with Crippen LogP contribution in [0.4, 0.5) is 11.4 Å². The number of halogens is 1.